The predicted octanol–water partition coefficient (Wildman–Crippen LogP) is 3.65. The van der Waals surface area contributed by atoms with Gasteiger partial charge < -0.3 is 4.90 Å². The third kappa shape index (κ3) is 3.38. The van der Waals surface area contributed by atoms with Crippen LogP contribution in [-0.2, 0) is 0 Å². The first kappa shape index (κ1) is 14.6. The van der Waals surface area contributed by atoms with Gasteiger partial charge in [0.05, 0.1) is 6.20 Å². The van der Waals surface area contributed by atoms with Crippen LogP contribution in [0.5, 0.6) is 0 Å². The first-order chi connectivity index (χ1) is 9.43. The molecule has 0 bridgehead atoms. The van der Waals surface area contributed by atoms with Crippen molar-refractivity contribution in [3.05, 3.63) is 36.3 Å². The van der Waals surface area contributed by atoms with Crippen molar-refractivity contribution in [2.45, 2.75) is 52.1 Å². The number of aromatic amines is 1. The van der Waals surface area contributed by atoms with Gasteiger partial charge in [0.15, 0.2) is 0 Å². The summed E-state index contributed by atoms with van der Waals surface area (Å²) in [5, 5.41) is 7.05. The number of nitrogens with zero attached hydrogens (tertiary/aromatic N) is 3. The van der Waals surface area contributed by atoms with Gasteiger partial charge in [-0.05, 0) is 46.6 Å². The molecule has 2 rings (SSSR count). The third-order valence-electron chi connectivity index (χ3n) is 3.30. The van der Waals surface area contributed by atoms with E-state index in [1.807, 2.05) is 19.1 Å². The zero-order chi connectivity index (χ0) is 14.8. The summed E-state index contributed by atoms with van der Waals surface area (Å²) < 4.78 is 0. The molecule has 0 spiro atoms. The summed E-state index contributed by atoms with van der Waals surface area (Å²) in [6.45, 7) is 12.6. The Morgan fingerprint density at radius 3 is 2.65 bits per heavy atom. The molecule has 0 aliphatic heterocycles. The molecule has 4 heteroatoms. The Bertz CT molecular complexity index is 534. The van der Waals surface area contributed by atoms with Crippen LogP contribution < -0.4 is 4.90 Å². The molecular formula is C16H24N4. The van der Waals surface area contributed by atoms with Crippen molar-refractivity contribution in [2.75, 3.05) is 4.90 Å². The maximum absolute atomic E-state index is 4.81. The molecule has 1 aliphatic rings. The summed E-state index contributed by atoms with van der Waals surface area (Å²) in [6, 6.07) is 2.50. The van der Waals surface area contributed by atoms with Gasteiger partial charge in [-0.1, -0.05) is 12.7 Å². The fraction of sp³-hybridized carbons (Fsp3) is 0.500. The lowest BCUT2D eigenvalue weighted by Gasteiger charge is -2.37. The van der Waals surface area contributed by atoms with E-state index in [-0.39, 0.29) is 5.54 Å². The average molecular weight is 272 g/mol. The second kappa shape index (κ2) is 5.65. The molecule has 1 aliphatic carbocycles. The summed E-state index contributed by atoms with van der Waals surface area (Å²) >= 11 is 0. The Hall–Kier alpha value is -1.84. The van der Waals surface area contributed by atoms with E-state index in [2.05, 4.69) is 42.4 Å². The largest absolute Gasteiger partial charge is 0.348 e. The lowest BCUT2D eigenvalue weighted by molar-refractivity contribution is 0.494. The highest BCUT2D eigenvalue weighted by Gasteiger charge is 2.37. The molecule has 1 heterocycles. The monoisotopic (exact) mass is 272 g/mol. The maximum atomic E-state index is 4.81. The van der Waals surface area contributed by atoms with Crippen molar-refractivity contribution < 1.29 is 0 Å². The normalized spacial score (nSPS) is 14.6. The van der Waals surface area contributed by atoms with Gasteiger partial charge in [-0.15, -0.1) is 0 Å². The summed E-state index contributed by atoms with van der Waals surface area (Å²) in [7, 11) is 0. The topological polar surface area (TPSA) is 44.8 Å². The van der Waals surface area contributed by atoms with Crippen LogP contribution in [0.25, 0.3) is 6.08 Å². The summed E-state index contributed by atoms with van der Waals surface area (Å²) in [4.78, 5) is 7.21. The van der Waals surface area contributed by atoms with E-state index >= 15 is 0 Å². The van der Waals surface area contributed by atoms with Gasteiger partial charge in [-0.3, -0.25) is 5.10 Å². The van der Waals surface area contributed by atoms with Crippen molar-refractivity contribution in [3.63, 3.8) is 0 Å². The summed E-state index contributed by atoms with van der Waals surface area (Å²) in [5.74, 6) is 0.963. The van der Waals surface area contributed by atoms with Crippen LogP contribution in [0.3, 0.4) is 0 Å². The fourth-order valence-corrected chi connectivity index (χ4v) is 2.34. The van der Waals surface area contributed by atoms with Crippen molar-refractivity contribution >= 4 is 11.9 Å². The van der Waals surface area contributed by atoms with Crippen molar-refractivity contribution in [1.29, 1.82) is 0 Å². The van der Waals surface area contributed by atoms with Gasteiger partial charge in [0.2, 0.25) is 0 Å². The minimum Gasteiger partial charge on any atom is -0.348 e. The van der Waals surface area contributed by atoms with E-state index in [4.69, 9.17) is 4.98 Å². The van der Waals surface area contributed by atoms with Crippen LogP contribution in [0.2, 0.25) is 0 Å². The van der Waals surface area contributed by atoms with Crippen molar-refractivity contribution in [2.24, 2.45) is 0 Å². The molecule has 1 N–H and O–H groups in total. The van der Waals surface area contributed by atoms with E-state index in [9.17, 15) is 0 Å². The molecule has 1 aromatic heterocycles. The fourth-order valence-electron chi connectivity index (χ4n) is 2.34. The van der Waals surface area contributed by atoms with Crippen LogP contribution in [0.15, 0.2) is 25.0 Å². The SMILES string of the molecule is C=Cc1cn[nH]ccc(C)nc1N(C1CC1)C(C)(C)C. The Morgan fingerprint density at radius 1 is 1.40 bits per heavy atom. The standard InChI is InChI=1S/C16H24N4/c1-6-13-11-18-17-10-9-12(2)19-15(13)20(14-7-8-14)16(3,4)5/h6,9-11,14,17H,1,7-8H2,2-5H3. The molecular weight excluding hydrogens is 248 g/mol. The molecule has 0 aromatic carbocycles. The zero-order valence-electron chi connectivity index (χ0n) is 12.8. The number of aryl methyl sites for hydroxylation is 1. The van der Waals surface area contributed by atoms with Gasteiger partial charge in [-0.2, -0.15) is 5.10 Å². The lowest BCUT2D eigenvalue weighted by atomic mass is 10.0. The molecule has 0 saturated heterocycles. The minimum atomic E-state index is 0.0214. The molecule has 1 fully saturated rings. The highest BCUT2D eigenvalue weighted by Crippen LogP contribution is 2.37. The molecule has 0 radical (unpaired) electrons. The van der Waals surface area contributed by atoms with Gasteiger partial charge >= 0.3 is 0 Å². The Morgan fingerprint density at radius 2 is 2.10 bits per heavy atom. The van der Waals surface area contributed by atoms with Crippen LogP contribution >= 0.6 is 0 Å². The number of H-pyrrole nitrogens is 1. The van der Waals surface area contributed by atoms with E-state index in [1.54, 1.807) is 12.4 Å². The van der Waals surface area contributed by atoms with Crippen LogP contribution in [0.4, 0.5) is 5.82 Å². The quantitative estimate of drug-likeness (QED) is 0.913. The van der Waals surface area contributed by atoms with Crippen molar-refractivity contribution in [1.82, 2.24) is 15.2 Å². The van der Waals surface area contributed by atoms with Gasteiger partial charge in [-0.25, -0.2) is 4.98 Å². The number of anilines is 1. The second-order valence-electron chi connectivity index (χ2n) is 6.23. The Balaban J connectivity index is 2.66. The number of hydrogen-bond acceptors (Lipinski definition) is 3. The zero-order valence-corrected chi connectivity index (χ0v) is 12.8. The molecule has 0 atom stereocenters. The molecule has 108 valence electrons. The smallest absolute Gasteiger partial charge is 0.138 e. The molecule has 20 heavy (non-hydrogen) atoms. The number of hydrogen-bond donors (Lipinski definition) is 1. The van der Waals surface area contributed by atoms with E-state index in [0.717, 1.165) is 17.1 Å². The molecule has 1 saturated carbocycles. The lowest BCUT2D eigenvalue weighted by Crippen LogP contribution is -2.44. The first-order valence-corrected chi connectivity index (χ1v) is 7.10. The van der Waals surface area contributed by atoms with Gasteiger partial charge in [0.1, 0.15) is 5.82 Å². The molecule has 4 nitrogen and oxygen atoms in total. The van der Waals surface area contributed by atoms with Crippen LogP contribution in [0, 0.1) is 6.92 Å². The van der Waals surface area contributed by atoms with Crippen LogP contribution in [0.1, 0.15) is 44.9 Å². The Labute approximate surface area is 121 Å². The number of nitrogens with one attached hydrogen (secondary N) is 1. The van der Waals surface area contributed by atoms with Gasteiger partial charge in [0.25, 0.3) is 0 Å². The summed E-state index contributed by atoms with van der Waals surface area (Å²) in [6.07, 6.45) is 7.85. The highest BCUT2D eigenvalue weighted by atomic mass is 15.3. The molecule has 1 aromatic rings. The van der Waals surface area contributed by atoms with Crippen molar-refractivity contribution in [3.8, 4) is 0 Å². The summed E-state index contributed by atoms with van der Waals surface area (Å²) in [5.41, 5.74) is 1.92. The van der Waals surface area contributed by atoms with E-state index < -0.39 is 0 Å². The predicted molar refractivity (Wildman–Crippen MR) is 84.1 cm³/mol. The first-order valence-electron chi connectivity index (χ1n) is 7.10. The number of rotatable bonds is 3. The highest BCUT2D eigenvalue weighted by molar-refractivity contribution is 5.63. The molecule has 0 amide bonds. The molecule has 0 unspecified atom stereocenters. The maximum Gasteiger partial charge on any atom is 0.138 e. The second-order valence-corrected chi connectivity index (χ2v) is 6.23. The van der Waals surface area contributed by atoms with E-state index in [0.29, 0.717) is 6.04 Å². The van der Waals surface area contributed by atoms with Gasteiger partial charge in [0, 0.05) is 29.0 Å². The van der Waals surface area contributed by atoms with Crippen LogP contribution in [-0.4, -0.2) is 26.8 Å². The van der Waals surface area contributed by atoms with E-state index in [1.165, 1.54) is 12.8 Å². The average Bonchev–Trinajstić information content (AvgIpc) is 3.14. The third-order valence-corrected chi connectivity index (χ3v) is 3.30. The minimum absolute atomic E-state index is 0.0214. The Kier molecular flexibility index (Phi) is 4.12. The number of aromatic nitrogens is 3.